The minimum absolute atomic E-state index is 0.232. The number of aromatic nitrogens is 1. The molecule has 1 atom stereocenters. The molecule has 3 aromatic rings. The maximum absolute atomic E-state index is 5.38. The molecule has 0 amide bonds. The van der Waals surface area contributed by atoms with E-state index in [0.29, 0.717) is 0 Å². The summed E-state index contributed by atoms with van der Waals surface area (Å²) in [6.07, 6.45) is 1.04. The van der Waals surface area contributed by atoms with E-state index < -0.39 is 0 Å². The third-order valence-corrected chi connectivity index (χ3v) is 5.36. The summed E-state index contributed by atoms with van der Waals surface area (Å²) in [6, 6.07) is 15.1. The Morgan fingerprint density at radius 3 is 2.86 bits per heavy atom. The van der Waals surface area contributed by atoms with Crippen LogP contribution in [0.15, 0.2) is 42.5 Å². The summed E-state index contributed by atoms with van der Waals surface area (Å²) in [7, 11) is 1.72. The summed E-state index contributed by atoms with van der Waals surface area (Å²) in [6.45, 7) is 0.993. The Bertz CT molecular complexity index is 840. The van der Waals surface area contributed by atoms with Crippen molar-refractivity contribution >= 4 is 33.5 Å². The molecule has 1 aliphatic rings. The van der Waals surface area contributed by atoms with Crippen LogP contribution in [0.4, 0.5) is 0 Å². The molecular formula is C18H17IN2O. The summed E-state index contributed by atoms with van der Waals surface area (Å²) in [5.74, 6) is 0.915. The van der Waals surface area contributed by atoms with Crippen LogP contribution in [0.5, 0.6) is 5.75 Å². The monoisotopic (exact) mass is 404 g/mol. The van der Waals surface area contributed by atoms with Crippen molar-refractivity contribution in [3.05, 3.63) is 62.9 Å². The van der Waals surface area contributed by atoms with Crippen molar-refractivity contribution in [3.8, 4) is 5.75 Å². The van der Waals surface area contributed by atoms with Crippen LogP contribution in [0, 0.1) is 3.57 Å². The zero-order valence-corrected chi connectivity index (χ0v) is 14.5. The zero-order chi connectivity index (χ0) is 15.1. The van der Waals surface area contributed by atoms with Gasteiger partial charge in [-0.1, -0.05) is 18.2 Å². The van der Waals surface area contributed by atoms with Gasteiger partial charge in [-0.25, -0.2) is 0 Å². The average Bonchev–Trinajstić information content (AvgIpc) is 2.93. The highest BCUT2D eigenvalue weighted by molar-refractivity contribution is 14.1. The second kappa shape index (κ2) is 5.59. The van der Waals surface area contributed by atoms with Gasteiger partial charge in [0.2, 0.25) is 0 Å². The van der Waals surface area contributed by atoms with Gasteiger partial charge in [0.1, 0.15) is 5.75 Å². The van der Waals surface area contributed by atoms with Crippen LogP contribution in [-0.4, -0.2) is 18.6 Å². The number of H-pyrrole nitrogens is 1. The second-order valence-electron chi connectivity index (χ2n) is 5.59. The first-order chi connectivity index (χ1) is 10.8. The number of rotatable bonds is 2. The van der Waals surface area contributed by atoms with E-state index in [1.807, 2.05) is 6.07 Å². The Hall–Kier alpha value is -1.53. The third-order valence-electron chi connectivity index (χ3n) is 4.37. The van der Waals surface area contributed by atoms with Gasteiger partial charge in [-0.05, 0) is 64.4 Å². The van der Waals surface area contributed by atoms with Crippen molar-refractivity contribution in [1.29, 1.82) is 0 Å². The molecule has 2 heterocycles. The molecule has 2 aromatic carbocycles. The lowest BCUT2D eigenvalue weighted by atomic mass is 9.94. The van der Waals surface area contributed by atoms with Gasteiger partial charge in [-0.15, -0.1) is 0 Å². The minimum Gasteiger partial charge on any atom is -0.497 e. The van der Waals surface area contributed by atoms with Crippen LogP contribution in [0.1, 0.15) is 22.9 Å². The van der Waals surface area contributed by atoms with E-state index >= 15 is 0 Å². The molecular weight excluding hydrogens is 387 g/mol. The number of hydrogen-bond donors (Lipinski definition) is 2. The first-order valence-electron chi connectivity index (χ1n) is 7.44. The highest BCUT2D eigenvalue weighted by Gasteiger charge is 2.26. The molecule has 0 bridgehead atoms. The van der Waals surface area contributed by atoms with Gasteiger partial charge >= 0.3 is 0 Å². The fourth-order valence-corrected chi connectivity index (χ4v) is 4.01. The molecule has 1 aromatic heterocycles. The first-order valence-corrected chi connectivity index (χ1v) is 8.52. The van der Waals surface area contributed by atoms with Crippen LogP contribution in [0.2, 0.25) is 0 Å². The van der Waals surface area contributed by atoms with Gasteiger partial charge < -0.3 is 15.0 Å². The number of nitrogens with one attached hydrogen (secondary N) is 2. The van der Waals surface area contributed by atoms with Crippen molar-refractivity contribution in [1.82, 2.24) is 10.3 Å². The molecule has 0 saturated carbocycles. The number of aromatic amines is 1. The topological polar surface area (TPSA) is 37.0 Å². The lowest BCUT2D eigenvalue weighted by molar-refractivity contribution is 0.415. The molecule has 22 heavy (non-hydrogen) atoms. The van der Waals surface area contributed by atoms with Crippen molar-refractivity contribution < 1.29 is 4.74 Å². The molecule has 1 unspecified atom stereocenters. The van der Waals surface area contributed by atoms with Crippen LogP contribution in [0.25, 0.3) is 10.9 Å². The Balaban J connectivity index is 1.90. The lowest BCUT2D eigenvalue weighted by Crippen LogP contribution is -2.30. The van der Waals surface area contributed by atoms with Crippen LogP contribution < -0.4 is 10.1 Å². The number of fused-ring (bicyclic) bond motifs is 3. The Morgan fingerprint density at radius 2 is 2.05 bits per heavy atom. The molecule has 112 valence electrons. The van der Waals surface area contributed by atoms with Gasteiger partial charge in [-0.3, -0.25) is 0 Å². The molecule has 2 N–H and O–H groups in total. The van der Waals surface area contributed by atoms with Crippen molar-refractivity contribution in [2.75, 3.05) is 13.7 Å². The predicted octanol–water partition coefficient (Wildman–Crippen LogP) is 4.02. The van der Waals surface area contributed by atoms with Gasteiger partial charge in [0.05, 0.1) is 13.2 Å². The number of ether oxygens (including phenoxy) is 1. The summed E-state index contributed by atoms with van der Waals surface area (Å²) >= 11 is 2.42. The minimum atomic E-state index is 0.232. The maximum Gasteiger partial charge on any atom is 0.119 e. The standard InChI is InChI=1S/C18H17IN2O/c1-22-11-6-7-16-14(10-11)12-8-9-20-17(18(12)21-16)13-4-2-3-5-15(13)19/h2-7,10,17,20-21H,8-9H2,1H3. The van der Waals surface area contributed by atoms with E-state index in [1.165, 1.54) is 31.3 Å². The summed E-state index contributed by atoms with van der Waals surface area (Å²) in [5, 5.41) is 4.94. The zero-order valence-electron chi connectivity index (χ0n) is 12.3. The fraction of sp³-hybridized carbons (Fsp3) is 0.222. The van der Waals surface area contributed by atoms with Gasteiger partial charge in [-0.2, -0.15) is 0 Å². The summed E-state index contributed by atoms with van der Waals surface area (Å²) < 4.78 is 6.68. The van der Waals surface area contributed by atoms with Crippen molar-refractivity contribution in [2.45, 2.75) is 12.5 Å². The third kappa shape index (κ3) is 2.21. The number of benzene rings is 2. The number of hydrogen-bond acceptors (Lipinski definition) is 2. The SMILES string of the molecule is COc1ccc2[nH]c3c(c2c1)CCNC3c1ccccc1I. The highest BCUT2D eigenvalue weighted by Crippen LogP contribution is 2.36. The van der Waals surface area contributed by atoms with Gasteiger partial charge in [0, 0.05) is 26.7 Å². The van der Waals surface area contributed by atoms with Crippen LogP contribution in [0.3, 0.4) is 0 Å². The van der Waals surface area contributed by atoms with Gasteiger partial charge in [0.15, 0.2) is 0 Å². The quantitative estimate of drug-likeness (QED) is 0.634. The van der Waals surface area contributed by atoms with E-state index in [1.54, 1.807) is 7.11 Å². The van der Waals surface area contributed by atoms with E-state index in [0.717, 1.165) is 18.7 Å². The highest BCUT2D eigenvalue weighted by atomic mass is 127. The Morgan fingerprint density at radius 1 is 1.18 bits per heavy atom. The number of halogens is 1. The first kappa shape index (κ1) is 14.1. The van der Waals surface area contributed by atoms with Crippen LogP contribution in [-0.2, 0) is 6.42 Å². The molecule has 0 radical (unpaired) electrons. The molecule has 4 rings (SSSR count). The second-order valence-corrected chi connectivity index (χ2v) is 6.75. The Kier molecular flexibility index (Phi) is 3.58. The average molecular weight is 404 g/mol. The van der Waals surface area contributed by atoms with Gasteiger partial charge in [0.25, 0.3) is 0 Å². The molecule has 0 aliphatic carbocycles. The molecule has 0 saturated heterocycles. The molecule has 0 fully saturated rings. The number of methoxy groups -OCH3 is 1. The van der Waals surface area contributed by atoms with E-state index in [4.69, 9.17) is 4.74 Å². The normalized spacial score (nSPS) is 17.5. The summed E-state index contributed by atoms with van der Waals surface area (Å²) in [4.78, 5) is 3.62. The Labute approximate surface area is 143 Å². The molecule has 0 spiro atoms. The maximum atomic E-state index is 5.38. The van der Waals surface area contributed by atoms with E-state index in [-0.39, 0.29) is 6.04 Å². The van der Waals surface area contributed by atoms with E-state index in [9.17, 15) is 0 Å². The predicted molar refractivity (Wildman–Crippen MR) is 97.6 cm³/mol. The molecule has 1 aliphatic heterocycles. The molecule has 3 nitrogen and oxygen atoms in total. The fourth-order valence-electron chi connectivity index (χ4n) is 3.31. The van der Waals surface area contributed by atoms with E-state index in [2.05, 4.69) is 69.3 Å². The van der Waals surface area contributed by atoms with Crippen LogP contribution >= 0.6 is 22.6 Å². The largest absolute Gasteiger partial charge is 0.497 e. The van der Waals surface area contributed by atoms with Crippen molar-refractivity contribution in [3.63, 3.8) is 0 Å². The smallest absolute Gasteiger partial charge is 0.119 e. The lowest BCUT2D eigenvalue weighted by Gasteiger charge is -2.25. The summed E-state index contributed by atoms with van der Waals surface area (Å²) in [5.41, 5.74) is 5.23. The van der Waals surface area contributed by atoms with Crippen molar-refractivity contribution in [2.24, 2.45) is 0 Å². The molecule has 4 heteroatoms.